The molecule has 1 rings (SSSR count). The number of H-pyrrole nitrogens is 1. The van der Waals surface area contributed by atoms with Crippen LogP contribution in [0.3, 0.4) is 0 Å². The second-order valence-electron chi connectivity index (χ2n) is 3.98. The number of rotatable bonds is 5. The van der Waals surface area contributed by atoms with E-state index in [1.165, 1.54) is 14.0 Å². The Bertz CT molecular complexity index is 502. The van der Waals surface area contributed by atoms with Crippen molar-refractivity contribution in [1.82, 2.24) is 9.55 Å². The summed E-state index contributed by atoms with van der Waals surface area (Å²) in [6, 6.07) is 1.03. The van der Waals surface area contributed by atoms with Gasteiger partial charge in [-0.2, -0.15) is 0 Å². The van der Waals surface area contributed by atoms with Crippen LogP contribution in [0, 0.1) is 0 Å². The molecule has 18 heavy (non-hydrogen) atoms. The molecule has 102 valence electrons. The molecule has 1 heterocycles. The Kier molecular flexibility index (Phi) is 4.41. The molecule has 1 aromatic heterocycles. The summed E-state index contributed by atoms with van der Waals surface area (Å²) in [5, 5.41) is 29.0. The van der Waals surface area contributed by atoms with Gasteiger partial charge in [0.05, 0.1) is 6.61 Å². The molecular formula is C10H16N2O6. The monoisotopic (exact) mass is 260 g/mol. The second kappa shape index (κ2) is 5.44. The summed E-state index contributed by atoms with van der Waals surface area (Å²) in [5.74, 6) is 0. The Hall–Kier alpha value is -1.48. The highest BCUT2D eigenvalue weighted by Crippen LogP contribution is 2.18. The van der Waals surface area contributed by atoms with Crippen molar-refractivity contribution in [2.24, 2.45) is 0 Å². The summed E-state index contributed by atoms with van der Waals surface area (Å²) in [4.78, 5) is 24.4. The van der Waals surface area contributed by atoms with Crippen molar-refractivity contribution >= 4 is 0 Å². The normalized spacial score (nSPS) is 18.1. The molecular weight excluding hydrogens is 244 g/mol. The maximum Gasteiger partial charge on any atom is 0.330 e. The molecule has 0 unspecified atom stereocenters. The van der Waals surface area contributed by atoms with E-state index < -0.39 is 35.8 Å². The van der Waals surface area contributed by atoms with Crippen LogP contribution in [0.4, 0.5) is 0 Å². The fourth-order valence-corrected chi connectivity index (χ4v) is 1.57. The van der Waals surface area contributed by atoms with Crippen molar-refractivity contribution in [3.05, 3.63) is 33.1 Å². The van der Waals surface area contributed by atoms with E-state index in [-0.39, 0.29) is 0 Å². The summed E-state index contributed by atoms with van der Waals surface area (Å²) >= 11 is 0. The number of aromatic amines is 1. The molecule has 0 aliphatic rings. The fourth-order valence-electron chi connectivity index (χ4n) is 1.57. The van der Waals surface area contributed by atoms with Gasteiger partial charge in [0.15, 0.2) is 5.72 Å². The van der Waals surface area contributed by atoms with Crippen LogP contribution in [0.25, 0.3) is 0 Å². The molecule has 0 bridgehead atoms. The van der Waals surface area contributed by atoms with Gasteiger partial charge in [0, 0.05) is 19.4 Å². The number of aliphatic hydroxyl groups is 3. The summed E-state index contributed by atoms with van der Waals surface area (Å²) < 4.78 is 5.54. The molecule has 0 amide bonds. The van der Waals surface area contributed by atoms with E-state index in [1.54, 1.807) is 0 Å². The van der Waals surface area contributed by atoms with Gasteiger partial charge in [-0.25, -0.2) is 4.79 Å². The highest BCUT2D eigenvalue weighted by atomic mass is 16.5. The lowest BCUT2D eigenvalue weighted by Gasteiger charge is -2.34. The number of aliphatic hydroxyl groups excluding tert-OH is 2. The number of hydrogen-bond acceptors (Lipinski definition) is 6. The molecule has 0 saturated carbocycles. The predicted molar refractivity (Wildman–Crippen MR) is 61.1 cm³/mol. The largest absolute Gasteiger partial charge is 0.394 e. The Balaban J connectivity index is 3.19. The number of nitrogens with zero attached hydrogens (tertiary/aromatic N) is 1. The molecule has 4 N–H and O–H groups in total. The van der Waals surface area contributed by atoms with Crippen LogP contribution in [-0.2, 0) is 10.5 Å². The zero-order chi connectivity index (χ0) is 13.9. The maximum absolute atomic E-state index is 11.5. The number of hydrogen-bond donors (Lipinski definition) is 4. The lowest BCUT2D eigenvalue weighted by molar-refractivity contribution is -0.178. The highest BCUT2D eigenvalue weighted by Gasteiger charge is 2.38. The molecule has 0 spiro atoms. The minimum Gasteiger partial charge on any atom is -0.394 e. The van der Waals surface area contributed by atoms with Crippen molar-refractivity contribution in [3.8, 4) is 0 Å². The molecule has 8 nitrogen and oxygen atoms in total. The summed E-state index contributed by atoms with van der Waals surface area (Å²) in [6.45, 7) is 0.630. The van der Waals surface area contributed by atoms with Crippen LogP contribution < -0.4 is 11.2 Å². The molecule has 1 aromatic rings. The molecule has 3 atom stereocenters. The fraction of sp³-hybridized carbons (Fsp3) is 0.600. The number of nitrogens with one attached hydrogen (secondary N) is 1. The first-order valence-electron chi connectivity index (χ1n) is 5.21. The van der Waals surface area contributed by atoms with Gasteiger partial charge < -0.3 is 20.1 Å². The van der Waals surface area contributed by atoms with Gasteiger partial charge in [-0.05, 0) is 6.92 Å². The topological polar surface area (TPSA) is 125 Å². The van der Waals surface area contributed by atoms with E-state index >= 15 is 0 Å². The van der Waals surface area contributed by atoms with E-state index in [1.807, 2.05) is 4.98 Å². The number of ether oxygens (including phenoxy) is 1. The quantitative estimate of drug-likeness (QED) is 0.466. The standard InChI is InChI=1S/C10H16N2O6/c1-10(17,8(15)6(5-13)18-2)12-4-3-7(14)11-9(12)16/h3-4,6,8,13,15,17H,5H2,1-2H3,(H,11,14,16)/t6-,8-,10+/m1/s1. The first-order chi connectivity index (χ1) is 8.34. The number of aromatic nitrogens is 2. The summed E-state index contributed by atoms with van der Waals surface area (Å²) in [5.41, 5.74) is -3.53. The van der Waals surface area contributed by atoms with Crippen molar-refractivity contribution in [2.75, 3.05) is 13.7 Å². The van der Waals surface area contributed by atoms with Crippen LogP contribution in [0.5, 0.6) is 0 Å². The Labute approximate surface area is 102 Å². The minimum absolute atomic E-state index is 0.536. The van der Waals surface area contributed by atoms with Gasteiger partial charge in [-0.15, -0.1) is 0 Å². The lowest BCUT2D eigenvalue weighted by Crippen LogP contribution is -2.54. The van der Waals surface area contributed by atoms with Gasteiger partial charge in [-0.3, -0.25) is 14.3 Å². The van der Waals surface area contributed by atoms with E-state index in [2.05, 4.69) is 0 Å². The van der Waals surface area contributed by atoms with Crippen molar-refractivity contribution in [2.45, 2.75) is 24.9 Å². The van der Waals surface area contributed by atoms with Gasteiger partial charge in [0.25, 0.3) is 5.56 Å². The minimum atomic E-state index is -2.04. The van der Waals surface area contributed by atoms with Gasteiger partial charge >= 0.3 is 5.69 Å². The first kappa shape index (κ1) is 14.6. The van der Waals surface area contributed by atoms with E-state index in [9.17, 15) is 19.8 Å². The van der Waals surface area contributed by atoms with Crippen molar-refractivity contribution in [3.63, 3.8) is 0 Å². The lowest BCUT2D eigenvalue weighted by atomic mass is 10.0. The molecule has 0 aromatic carbocycles. The maximum atomic E-state index is 11.5. The highest BCUT2D eigenvalue weighted by molar-refractivity contribution is 4.92. The molecule has 8 heteroatoms. The average Bonchev–Trinajstić information content (AvgIpc) is 2.29. The van der Waals surface area contributed by atoms with Crippen LogP contribution in [0.2, 0.25) is 0 Å². The summed E-state index contributed by atoms with van der Waals surface area (Å²) in [6.07, 6.45) is -1.58. The average molecular weight is 260 g/mol. The predicted octanol–water partition coefficient (Wildman–Crippen LogP) is -2.43. The third-order valence-electron chi connectivity index (χ3n) is 2.71. The summed E-state index contributed by atoms with van der Waals surface area (Å²) in [7, 11) is 1.25. The van der Waals surface area contributed by atoms with Crippen molar-refractivity contribution in [1.29, 1.82) is 0 Å². The zero-order valence-electron chi connectivity index (χ0n) is 10.0. The van der Waals surface area contributed by atoms with Crippen molar-refractivity contribution < 1.29 is 20.1 Å². The van der Waals surface area contributed by atoms with Crippen LogP contribution in [-0.4, -0.2) is 50.8 Å². The first-order valence-corrected chi connectivity index (χ1v) is 5.21. The van der Waals surface area contributed by atoms with Crippen LogP contribution in [0.15, 0.2) is 21.9 Å². The SMILES string of the molecule is CO[C@H](CO)[C@@H](O)[C@](C)(O)n1ccc(=O)[nH]c1=O. The van der Waals surface area contributed by atoms with E-state index in [0.717, 1.165) is 16.8 Å². The third-order valence-corrected chi connectivity index (χ3v) is 2.71. The van der Waals surface area contributed by atoms with E-state index in [4.69, 9.17) is 9.84 Å². The van der Waals surface area contributed by atoms with Gasteiger partial charge in [0.1, 0.15) is 12.2 Å². The van der Waals surface area contributed by atoms with E-state index in [0.29, 0.717) is 0 Å². The smallest absolute Gasteiger partial charge is 0.330 e. The van der Waals surface area contributed by atoms with Crippen LogP contribution in [0.1, 0.15) is 6.92 Å². The third kappa shape index (κ3) is 2.67. The Morgan fingerprint density at radius 2 is 2.17 bits per heavy atom. The second-order valence-corrected chi connectivity index (χ2v) is 3.98. The molecule has 0 radical (unpaired) electrons. The molecule has 0 fully saturated rings. The van der Waals surface area contributed by atoms with Gasteiger partial charge in [0.2, 0.25) is 0 Å². The Morgan fingerprint density at radius 1 is 1.56 bits per heavy atom. The molecule has 0 saturated heterocycles. The molecule has 0 aliphatic heterocycles. The zero-order valence-corrected chi connectivity index (χ0v) is 10.0. The molecule has 0 aliphatic carbocycles. The Morgan fingerprint density at radius 3 is 2.61 bits per heavy atom. The number of methoxy groups -OCH3 is 1. The van der Waals surface area contributed by atoms with Gasteiger partial charge in [-0.1, -0.05) is 0 Å². The van der Waals surface area contributed by atoms with Crippen LogP contribution >= 0.6 is 0 Å².